The third kappa shape index (κ3) is 6.32. The summed E-state index contributed by atoms with van der Waals surface area (Å²) in [5, 5.41) is 5.19. The zero-order chi connectivity index (χ0) is 25.7. The summed E-state index contributed by atoms with van der Waals surface area (Å²) in [6.45, 7) is 12.1. The van der Waals surface area contributed by atoms with Crippen LogP contribution in [-0.4, -0.2) is 85.9 Å². The number of aromatic nitrogens is 1. The molecule has 6 nitrogen and oxygen atoms in total. The Labute approximate surface area is 214 Å². The fourth-order valence-electron chi connectivity index (χ4n) is 4.75. The van der Waals surface area contributed by atoms with Crippen molar-refractivity contribution in [2.45, 2.75) is 19.8 Å². The summed E-state index contributed by atoms with van der Waals surface area (Å²) in [5.41, 5.74) is 2.77. The topological polar surface area (TPSA) is 47.0 Å². The first-order chi connectivity index (χ1) is 17.3. The number of likely N-dealkylation sites (N-methyl/N-ethyl adjacent to an activating group) is 1. The van der Waals surface area contributed by atoms with Gasteiger partial charge >= 0.3 is 0 Å². The monoisotopic (exact) mass is 490 g/mol. The lowest BCUT2D eigenvalue weighted by Crippen LogP contribution is -2.47. The van der Waals surface area contributed by atoms with Crippen molar-refractivity contribution in [2.24, 2.45) is 10.9 Å². The van der Waals surface area contributed by atoms with E-state index in [0.29, 0.717) is 11.5 Å². The molecule has 0 spiro atoms. The quantitative estimate of drug-likeness (QED) is 0.422. The maximum Gasteiger partial charge on any atom is 0.131 e. The fraction of sp³-hybridized carbons (Fsp3) is 0.448. The molecular weight excluding hydrogens is 451 g/mol. The minimum absolute atomic E-state index is 0.271. The largest absolute Gasteiger partial charge is 0.383 e. The number of hydrogen-bond donors (Lipinski definition) is 1. The second kappa shape index (κ2) is 11.7. The molecule has 2 aliphatic heterocycles. The van der Waals surface area contributed by atoms with Crippen LogP contribution in [0, 0.1) is 11.7 Å². The molecule has 0 bridgehead atoms. The highest BCUT2D eigenvalue weighted by Crippen LogP contribution is 2.27. The molecule has 0 radical (unpaired) electrons. The number of rotatable bonds is 8. The van der Waals surface area contributed by atoms with Crippen LogP contribution in [0.15, 0.2) is 59.9 Å². The second-order valence-corrected chi connectivity index (χ2v) is 10.1. The number of pyridine rings is 1. The number of anilines is 1. The summed E-state index contributed by atoms with van der Waals surface area (Å²) in [7, 11) is 6.01. The normalized spacial score (nSPS) is 19.2. The van der Waals surface area contributed by atoms with E-state index in [4.69, 9.17) is 4.99 Å². The number of hydrogen-bond acceptors (Lipinski definition) is 6. The number of allylic oxidation sites excluding steroid dienone is 2. The van der Waals surface area contributed by atoms with Gasteiger partial charge in [0.15, 0.2) is 0 Å². The summed E-state index contributed by atoms with van der Waals surface area (Å²) in [4.78, 5) is 16.0. The van der Waals surface area contributed by atoms with E-state index in [1.54, 1.807) is 18.3 Å². The van der Waals surface area contributed by atoms with Crippen LogP contribution >= 0.6 is 0 Å². The van der Waals surface area contributed by atoms with Crippen molar-refractivity contribution < 1.29 is 4.39 Å². The third-order valence-corrected chi connectivity index (χ3v) is 6.99. The van der Waals surface area contributed by atoms with E-state index in [1.807, 2.05) is 37.3 Å². The van der Waals surface area contributed by atoms with Gasteiger partial charge in [0.2, 0.25) is 0 Å². The lowest BCUT2D eigenvalue weighted by atomic mass is 9.94. The zero-order valence-corrected chi connectivity index (χ0v) is 22.1. The molecule has 1 saturated heterocycles. The average molecular weight is 491 g/mol. The fourth-order valence-corrected chi connectivity index (χ4v) is 4.75. The Hall–Kier alpha value is -3.19. The van der Waals surface area contributed by atoms with Crippen molar-refractivity contribution >= 4 is 28.0 Å². The SMILES string of the molecule is C=C/C(=C\N(C)C)c1cc2cc(NCCCC3=CC(N4CCN(C)CC4)=NCC3C)ncc2cc1F. The lowest BCUT2D eigenvalue weighted by molar-refractivity contribution is 0.215. The number of benzene rings is 1. The molecule has 1 aromatic heterocycles. The van der Waals surface area contributed by atoms with Crippen LogP contribution in [0.4, 0.5) is 10.2 Å². The van der Waals surface area contributed by atoms with E-state index in [2.05, 4.69) is 46.7 Å². The molecule has 36 heavy (non-hydrogen) atoms. The number of dihydropyridines is 1. The van der Waals surface area contributed by atoms with Crippen molar-refractivity contribution in [3.05, 3.63) is 66.3 Å². The molecule has 3 heterocycles. The molecule has 1 aromatic carbocycles. The number of piperazine rings is 1. The number of halogens is 1. The van der Waals surface area contributed by atoms with Crippen molar-refractivity contribution in [2.75, 3.05) is 65.7 Å². The van der Waals surface area contributed by atoms with Gasteiger partial charge in [0.05, 0.1) is 0 Å². The highest BCUT2D eigenvalue weighted by Gasteiger charge is 2.21. The van der Waals surface area contributed by atoms with Gasteiger partial charge in [-0.05, 0) is 61.0 Å². The molecule has 0 saturated carbocycles. The summed E-state index contributed by atoms with van der Waals surface area (Å²) in [6, 6.07) is 5.42. The van der Waals surface area contributed by atoms with Gasteiger partial charge in [0.1, 0.15) is 17.5 Å². The van der Waals surface area contributed by atoms with Gasteiger partial charge in [0, 0.05) is 76.7 Å². The van der Waals surface area contributed by atoms with Crippen molar-refractivity contribution in [3.63, 3.8) is 0 Å². The van der Waals surface area contributed by atoms with Crippen molar-refractivity contribution in [3.8, 4) is 0 Å². The van der Waals surface area contributed by atoms with Crippen LogP contribution in [0.5, 0.6) is 0 Å². The van der Waals surface area contributed by atoms with E-state index >= 15 is 0 Å². The van der Waals surface area contributed by atoms with Crippen LogP contribution in [0.25, 0.3) is 16.3 Å². The van der Waals surface area contributed by atoms with Gasteiger partial charge in [-0.3, -0.25) is 4.99 Å². The van der Waals surface area contributed by atoms with Crippen LogP contribution in [0.2, 0.25) is 0 Å². The second-order valence-electron chi connectivity index (χ2n) is 10.1. The first kappa shape index (κ1) is 25.9. The number of fused-ring (bicyclic) bond motifs is 1. The Morgan fingerprint density at radius 3 is 2.69 bits per heavy atom. The summed E-state index contributed by atoms with van der Waals surface area (Å²) >= 11 is 0. The molecule has 192 valence electrons. The summed E-state index contributed by atoms with van der Waals surface area (Å²) < 4.78 is 14.8. The van der Waals surface area contributed by atoms with Gasteiger partial charge in [0.25, 0.3) is 0 Å². The highest BCUT2D eigenvalue weighted by molar-refractivity contribution is 5.94. The van der Waals surface area contributed by atoms with Gasteiger partial charge in [-0.25, -0.2) is 9.37 Å². The number of nitrogens with zero attached hydrogens (tertiary/aromatic N) is 5. The number of aliphatic imine (C=N–C) groups is 1. The Bertz CT molecular complexity index is 1170. The summed E-state index contributed by atoms with van der Waals surface area (Å²) in [5.74, 6) is 2.18. The molecule has 1 fully saturated rings. The molecule has 4 rings (SSSR count). The standard InChI is InChI=1S/C29H39FN6/c1-6-22(20-34(3)4)26-14-24-16-28(32-19-25(24)15-27(26)30)31-9-7-8-23-17-29(33-18-21(23)2)36-12-10-35(5)11-13-36/h6,14-17,19-21H,1,7-13,18H2,2-5H3,(H,31,32)/b22-20+. The number of amidine groups is 1. The van der Waals surface area contributed by atoms with Gasteiger partial charge < -0.3 is 20.0 Å². The first-order valence-electron chi connectivity index (χ1n) is 12.9. The molecule has 0 amide bonds. The molecule has 2 aromatic rings. The highest BCUT2D eigenvalue weighted by atomic mass is 19.1. The van der Waals surface area contributed by atoms with E-state index in [-0.39, 0.29) is 5.82 Å². The molecule has 1 N–H and O–H groups in total. The molecule has 2 aliphatic rings. The Balaban J connectivity index is 1.38. The van der Waals surface area contributed by atoms with Crippen molar-refractivity contribution in [1.29, 1.82) is 0 Å². The van der Waals surface area contributed by atoms with Gasteiger partial charge in [-0.1, -0.05) is 25.2 Å². The van der Waals surface area contributed by atoms with Crippen LogP contribution in [-0.2, 0) is 0 Å². The smallest absolute Gasteiger partial charge is 0.131 e. The molecule has 1 atom stereocenters. The maximum absolute atomic E-state index is 14.8. The average Bonchev–Trinajstić information content (AvgIpc) is 2.86. The van der Waals surface area contributed by atoms with E-state index in [0.717, 1.165) is 80.1 Å². The molecule has 7 heteroatoms. The Kier molecular flexibility index (Phi) is 8.41. The maximum atomic E-state index is 14.8. The van der Waals surface area contributed by atoms with E-state index in [1.165, 1.54) is 5.57 Å². The van der Waals surface area contributed by atoms with Crippen molar-refractivity contribution in [1.82, 2.24) is 19.7 Å². The van der Waals surface area contributed by atoms with Crippen LogP contribution in [0.3, 0.4) is 0 Å². The minimum atomic E-state index is -0.271. The van der Waals surface area contributed by atoms with Crippen LogP contribution < -0.4 is 5.32 Å². The Morgan fingerprint density at radius 1 is 1.19 bits per heavy atom. The lowest BCUT2D eigenvalue weighted by Gasteiger charge is -2.35. The molecule has 1 unspecified atom stereocenters. The summed E-state index contributed by atoms with van der Waals surface area (Å²) in [6.07, 6.45) is 9.68. The third-order valence-electron chi connectivity index (χ3n) is 6.99. The predicted molar refractivity (Wildman–Crippen MR) is 150 cm³/mol. The van der Waals surface area contributed by atoms with Gasteiger partial charge in [-0.15, -0.1) is 0 Å². The van der Waals surface area contributed by atoms with E-state index in [9.17, 15) is 4.39 Å². The first-order valence-corrected chi connectivity index (χ1v) is 12.9. The predicted octanol–water partition coefficient (Wildman–Crippen LogP) is 4.88. The molecular formula is C29H39FN6. The number of nitrogens with one attached hydrogen (secondary N) is 1. The van der Waals surface area contributed by atoms with Crippen LogP contribution in [0.1, 0.15) is 25.3 Å². The minimum Gasteiger partial charge on any atom is -0.383 e. The van der Waals surface area contributed by atoms with Gasteiger partial charge in [-0.2, -0.15) is 0 Å². The zero-order valence-electron chi connectivity index (χ0n) is 22.1. The van der Waals surface area contributed by atoms with E-state index < -0.39 is 0 Å². The molecule has 0 aliphatic carbocycles. The Morgan fingerprint density at radius 2 is 1.97 bits per heavy atom.